The lowest BCUT2D eigenvalue weighted by Gasteiger charge is -2.15. The molecule has 2 heterocycles. The van der Waals surface area contributed by atoms with Crippen molar-refractivity contribution in [3.63, 3.8) is 0 Å². The van der Waals surface area contributed by atoms with Crippen LogP contribution in [0, 0.1) is 0 Å². The van der Waals surface area contributed by atoms with E-state index in [9.17, 15) is 0 Å². The van der Waals surface area contributed by atoms with Crippen molar-refractivity contribution in [3.05, 3.63) is 64.0 Å². The van der Waals surface area contributed by atoms with E-state index >= 15 is 0 Å². The van der Waals surface area contributed by atoms with Gasteiger partial charge in [0.1, 0.15) is 0 Å². The van der Waals surface area contributed by atoms with Crippen molar-refractivity contribution >= 4 is 28.8 Å². The Morgan fingerprint density at radius 3 is 2.90 bits per heavy atom. The highest BCUT2D eigenvalue weighted by Gasteiger charge is 2.12. The average molecular weight is 321 g/mol. The fraction of sp³-hybridized carbons (Fsp3) is 0.200. The molecule has 0 aliphatic rings. The summed E-state index contributed by atoms with van der Waals surface area (Å²) in [5, 5.41) is 13.1. The zero-order chi connectivity index (χ0) is 14.8. The summed E-state index contributed by atoms with van der Waals surface area (Å²) < 4.78 is 1.96. The summed E-state index contributed by atoms with van der Waals surface area (Å²) >= 11 is 12.2. The van der Waals surface area contributed by atoms with E-state index in [0.717, 1.165) is 17.0 Å². The smallest absolute Gasteiger partial charge is 0.160 e. The fourth-order valence-electron chi connectivity index (χ4n) is 2.21. The molecular weight excluding hydrogens is 307 g/mol. The van der Waals surface area contributed by atoms with E-state index in [1.165, 1.54) is 0 Å². The van der Waals surface area contributed by atoms with Gasteiger partial charge in [0.05, 0.1) is 6.54 Å². The van der Waals surface area contributed by atoms with Gasteiger partial charge in [-0.25, -0.2) is 0 Å². The van der Waals surface area contributed by atoms with E-state index in [2.05, 4.69) is 15.5 Å². The molecule has 0 saturated carbocycles. The Bertz CT molecular complexity index is 769. The molecule has 0 aliphatic heterocycles. The van der Waals surface area contributed by atoms with Gasteiger partial charge in [0, 0.05) is 22.3 Å². The van der Waals surface area contributed by atoms with Crippen molar-refractivity contribution in [1.82, 2.24) is 19.9 Å². The third kappa shape index (κ3) is 3.02. The molecule has 6 heteroatoms. The molecule has 4 nitrogen and oxygen atoms in total. The number of pyridine rings is 1. The number of hydrogen-bond acceptors (Lipinski definition) is 3. The second kappa shape index (κ2) is 6.02. The molecule has 0 saturated heterocycles. The van der Waals surface area contributed by atoms with E-state index in [1.54, 1.807) is 6.07 Å². The molecule has 0 amide bonds. The van der Waals surface area contributed by atoms with Crippen molar-refractivity contribution < 1.29 is 0 Å². The molecule has 0 bridgehead atoms. The first kappa shape index (κ1) is 14.3. The summed E-state index contributed by atoms with van der Waals surface area (Å²) in [6.45, 7) is 2.63. The molecule has 3 aromatic rings. The predicted molar refractivity (Wildman–Crippen MR) is 84.7 cm³/mol. The van der Waals surface area contributed by atoms with Crippen molar-refractivity contribution in [2.24, 2.45) is 0 Å². The zero-order valence-corrected chi connectivity index (χ0v) is 12.9. The lowest BCUT2D eigenvalue weighted by molar-refractivity contribution is 0.556. The number of fused-ring (bicyclic) bond motifs is 1. The Kier molecular flexibility index (Phi) is 4.10. The highest BCUT2D eigenvalue weighted by Crippen LogP contribution is 2.26. The third-order valence-corrected chi connectivity index (χ3v) is 3.95. The first-order valence-corrected chi connectivity index (χ1v) is 7.38. The van der Waals surface area contributed by atoms with E-state index < -0.39 is 0 Å². The van der Waals surface area contributed by atoms with Crippen LogP contribution >= 0.6 is 23.2 Å². The number of benzene rings is 1. The van der Waals surface area contributed by atoms with Crippen LogP contribution in [0.4, 0.5) is 0 Å². The molecule has 0 aliphatic carbocycles. The van der Waals surface area contributed by atoms with Crippen molar-refractivity contribution in [3.8, 4) is 0 Å². The van der Waals surface area contributed by atoms with Gasteiger partial charge in [-0.2, -0.15) is 0 Å². The Morgan fingerprint density at radius 2 is 2.05 bits per heavy atom. The van der Waals surface area contributed by atoms with Gasteiger partial charge in [0.2, 0.25) is 0 Å². The molecule has 1 N–H and O–H groups in total. The number of rotatable bonds is 4. The van der Waals surface area contributed by atoms with Gasteiger partial charge in [0.15, 0.2) is 11.5 Å². The topological polar surface area (TPSA) is 42.2 Å². The predicted octanol–water partition coefficient (Wildman–Crippen LogP) is 3.89. The Labute approximate surface area is 132 Å². The van der Waals surface area contributed by atoms with Crippen LogP contribution in [0.1, 0.15) is 24.4 Å². The van der Waals surface area contributed by atoms with Gasteiger partial charge in [-0.05, 0) is 42.8 Å². The van der Waals surface area contributed by atoms with Gasteiger partial charge in [-0.15, -0.1) is 10.2 Å². The van der Waals surface area contributed by atoms with Gasteiger partial charge in [-0.3, -0.25) is 4.40 Å². The van der Waals surface area contributed by atoms with E-state index in [-0.39, 0.29) is 6.04 Å². The zero-order valence-electron chi connectivity index (χ0n) is 11.4. The molecule has 21 heavy (non-hydrogen) atoms. The van der Waals surface area contributed by atoms with Crippen molar-refractivity contribution in [2.45, 2.75) is 19.5 Å². The van der Waals surface area contributed by atoms with Crippen LogP contribution in [-0.4, -0.2) is 14.6 Å². The molecule has 0 fully saturated rings. The van der Waals surface area contributed by atoms with Crippen LogP contribution < -0.4 is 5.32 Å². The molecular formula is C15H14Cl2N4. The fourth-order valence-corrected chi connectivity index (χ4v) is 2.67. The van der Waals surface area contributed by atoms with E-state index in [0.29, 0.717) is 16.6 Å². The normalized spacial score (nSPS) is 12.7. The Balaban J connectivity index is 1.76. The lowest BCUT2D eigenvalue weighted by Crippen LogP contribution is -2.20. The summed E-state index contributed by atoms with van der Waals surface area (Å²) in [4.78, 5) is 0. The average Bonchev–Trinajstić information content (AvgIpc) is 2.90. The largest absolute Gasteiger partial charge is 0.303 e. The van der Waals surface area contributed by atoms with E-state index in [4.69, 9.17) is 23.2 Å². The van der Waals surface area contributed by atoms with Gasteiger partial charge < -0.3 is 5.32 Å². The number of hydrogen-bond donors (Lipinski definition) is 1. The van der Waals surface area contributed by atoms with Crippen LogP contribution in [0.15, 0.2) is 42.6 Å². The quantitative estimate of drug-likeness (QED) is 0.793. The molecule has 0 spiro atoms. The standard InChI is InChI=1S/C15H14Cl2N4/c1-10(12-8-11(16)5-6-13(12)17)18-9-15-20-19-14-4-2-3-7-21(14)15/h2-8,10,18H,9H2,1H3. The van der Waals surface area contributed by atoms with Crippen molar-refractivity contribution in [1.29, 1.82) is 0 Å². The van der Waals surface area contributed by atoms with Crippen LogP contribution in [-0.2, 0) is 6.54 Å². The SMILES string of the molecule is CC(NCc1nnc2ccccn12)c1cc(Cl)ccc1Cl. The summed E-state index contributed by atoms with van der Waals surface area (Å²) in [7, 11) is 0. The minimum atomic E-state index is 0.0623. The highest BCUT2D eigenvalue weighted by atomic mass is 35.5. The molecule has 2 aromatic heterocycles. The maximum absolute atomic E-state index is 6.21. The second-order valence-corrected chi connectivity index (χ2v) is 5.66. The number of nitrogens with one attached hydrogen (secondary N) is 1. The van der Waals surface area contributed by atoms with Crippen LogP contribution in [0.5, 0.6) is 0 Å². The molecule has 1 aromatic carbocycles. The lowest BCUT2D eigenvalue weighted by atomic mass is 10.1. The summed E-state index contributed by atoms with van der Waals surface area (Å²) in [6, 6.07) is 11.4. The third-order valence-electron chi connectivity index (χ3n) is 3.38. The number of aromatic nitrogens is 3. The van der Waals surface area contributed by atoms with Gasteiger partial charge in [0.25, 0.3) is 0 Å². The summed E-state index contributed by atoms with van der Waals surface area (Å²) in [5.74, 6) is 0.857. The number of nitrogens with zero attached hydrogens (tertiary/aromatic N) is 3. The van der Waals surface area contributed by atoms with Crippen LogP contribution in [0.3, 0.4) is 0 Å². The van der Waals surface area contributed by atoms with E-state index in [1.807, 2.05) is 47.9 Å². The minimum absolute atomic E-state index is 0.0623. The monoisotopic (exact) mass is 320 g/mol. The van der Waals surface area contributed by atoms with Gasteiger partial charge in [-0.1, -0.05) is 29.3 Å². The minimum Gasteiger partial charge on any atom is -0.303 e. The van der Waals surface area contributed by atoms with Crippen molar-refractivity contribution in [2.75, 3.05) is 0 Å². The van der Waals surface area contributed by atoms with Crippen LogP contribution in [0.2, 0.25) is 10.0 Å². The maximum Gasteiger partial charge on any atom is 0.160 e. The number of halogens is 2. The maximum atomic E-state index is 6.21. The molecule has 108 valence electrons. The van der Waals surface area contributed by atoms with Crippen LogP contribution in [0.25, 0.3) is 5.65 Å². The highest BCUT2D eigenvalue weighted by molar-refractivity contribution is 6.33. The summed E-state index contributed by atoms with van der Waals surface area (Å²) in [5.41, 5.74) is 1.81. The van der Waals surface area contributed by atoms with Gasteiger partial charge >= 0.3 is 0 Å². The Hall–Kier alpha value is -1.62. The first-order chi connectivity index (χ1) is 10.1. The molecule has 1 unspecified atom stereocenters. The molecule has 1 atom stereocenters. The second-order valence-electron chi connectivity index (χ2n) is 4.81. The first-order valence-electron chi connectivity index (χ1n) is 6.62. The Morgan fingerprint density at radius 1 is 1.19 bits per heavy atom. The molecule has 0 radical (unpaired) electrons. The summed E-state index contributed by atoms with van der Waals surface area (Å²) in [6.07, 6.45) is 1.95. The molecule has 3 rings (SSSR count).